The molecule has 50 heavy (non-hydrogen) atoms. The van der Waals surface area contributed by atoms with Crippen LogP contribution in [0.25, 0.3) is 71.5 Å². The molecule has 0 bridgehead atoms. The molecular formula is C46H30N4. The van der Waals surface area contributed by atoms with Gasteiger partial charge in [0.2, 0.25) is 0 Å². The number of anilines is 3. The predicted molar refractivity (Wildman–Crippen MR) is 209 cm³/mol. The monoisotopic (exact) mass is 638 g/mol. The van der Waals surface area contributed by atoms with Crippen molar-refractivity contribution in [2.75, 3.05) is 4.90 Å². The molecule has 0 N–H and O–H groups in total. The minimum Gasteiger partial charge on any atom is -0.310 e. The molecule has 10 aromatic rings. The highest BCUT2D eigenvalue weighted by Crippen LogP contribution is 2.41. The fourth-order valence-electron chi connectivity index (χ4n) is 7.42. The second-order valence-corrected chi connectivity index (χ2v) is 12.7. The summed E-state index contributed by atoms with van der Waals surface area (Å²) in [5.41, 5.74) is 13.0. The van der Waals surface area contributed by atoms with Gasteiger partial charge in [-0.15, -0.1) is 0 Å². The van der Waals surface area contributed by atoms with Gasteiger partial charge in [0, 0.05) is 34.0 Å². The van der Waals surface area contributed by atoms with Crippen molar-refractivity contribution in [2.45, 2.75) is 0 Å². The number of rotatable bonds is 5. The fourth-order valence-corrected chi connectivity index (χ4v) is 7.42. The first-order valence-electron chi connectivity index (χ1n) is 16.9. The maximum Gasteiger partial charge on any atom is 0.148 e. The third-order valence-electron chi connectivity index (χ3n) is 9.79. The Bertz CT molecular complexity index is 2760. The Balaban J connectivity index is 1.22. The van der Waals surface area contributed by atoms with Crippen LogP contribution in [0.5, 0.6) is 0 Å². The van der Waals surface area contributed by atoms with E-state index in [-0.39, 0.29) is 0 Å². The van der Waals surface area contributed by atoms with Crippen LogP contribution in [0.2, 0.25) is 0 Å². The highest BCUT2D eigenvalue weighted by Gasteiger charge is 2.19. The Labute approximate surface area is 289 Å². The molecule has 3 heterocycles. The van der Waals surface area contributed by atoms with E-state index in [2.05, 4.69) is 179 Å². The van der Waals surface area contributed by atoms with E-state index in [4.69, 9.17) is 9.97 Å². The van der Waals surface area contributed by atoms with Gasteiger partial charge in [-0.3, -0.25) is 9.38 Å². The molecule has 0 spiro atoms. The molecule has 0 saturated heterocycles. The molecule has 0 fully saturated rings. The summed E-state index contributed by atoms with van der Waals surface area (Å²) in [6.07, 6.45) is 1.87. The molecule has 0 aliphatic carbocycles. The van der Waals surface area contributed by atoms with Crippen molar-refractivity contribution >= 4 is 66.3 Å². The number of nitrogens with zero attached hydrogens (tertiary/aromatic N) is 4. The van der Waals surface area contributed by atoms with Gasteiger partial charge in [0.05, 0.1) is 27.5 Å². The summed E-state index contributed by atoms with van der Waals surface area (Å²) in [5.74, 6) is 0. The first kappa shape index (κ1) is 28.3. The molecule has 0 atom stereocenters. The van der Waals surface area contributed by atoms with Crippen molar-refractivity contribution in [2.24, 2.45) is 0 Å². The van der Waals surface area contributed by atoms with E-state index in [1.54, 1.807) is 0 Å². The molecule has 0 aliphatic heterocycles. The summed E-state index contributed by atoms with van der Waals surface area (Å²) in [5, 5.41) is 4.48. The van der Waals surface area contributed by atoms with Crippen molar-refractivity contribution < 1.29 is 0 Å². The Morgan fingerprint density at radius 1 is 0.440 bits per heavy atom. The number of pyridine rings is 2. The number of para-hydroxylation sites is 2. The lowest BCUT2D eigenvalue weighted by Gasteiger charge is -2.26. The fraction of sp³-hybridized carbons (Fsp3) is 0. The van der Waals surface area contributed by atoms with Gasteiger partial charge in [-0.2, -0.15) is 0 Å². The molecule has 10 rings (SSSR count). The molecule has 0 saturated carbocycles. The van der Waals surface area contributed by atoms with Crippen LogP contribution in [-0.4, -0.2) is 14.4 Å². The van der Waals surface area contributed by atoms with E-state index in [9.17, 15) is 0 Å². The first-order valence-corrected chi connectivity index (χ1v) is 16.9. The Morgan fingerprint density at radius 2 is 1.02 bits per heavy atom. The smallest absolute Gasteiger partial charge is 0.148 e. The second kappa shape index (κ2) is 11.4. The minimum atomic E-state index is 0.918. The molecule has 0 radical (unpaired) electrons. The summed E-state index contributed by atoms with van der Waals surface area (Å²) >= 11 is 0. The highest BCUT2D eigenvalue weighted by atomic mass is 15.1. The van der Waals surface area contributed by atoms with Crippen molar-refractivity contribution in [3.63, 3.8) is 0 Å². The van der Waals surface area contributed by atoms with Crippen LogP contribution >= 0.6 is 0 Å². The van der Waals surface area contributed by atoms with Gasteiger partial charge in [0.1, 0.15) is 5.65 Å². The number of fused-ring (bicyclic) bond motifs is 10. The Kier molecular flexibility index (Phi) is 6.46. The van der Waals surface area contributed by atoms with Crippen molar-refractivity contribution in [3.8, 4) is 22.3 Å². The van der Waals surface area contributed by atoms with Crippen LogP contribution in [0.15, 0.2) is 182 Å². The predicted octanol–water partition coefficient (Wildman–Crippen LogP) is 12.1. The van der Waals surface area contributed by atoms with E-state index >= 15 is 0 Å². The highest BCUT2D eigenvalue weighted by molar-refractivity contribution is 6.22. The van der Waals surface area contributed by atoms with Gasteiger partial charge in [0.15, 0.2) is 0 Å². The molecule has 0 aliphatic rings. The van der Waals surface area contributed by atoms with E-state index < -0.39 is 0 Å². The average molecular weight is 639 g/mol. The van der Waals surface area contributed by atoms with Gasteiger partial charge < -0.3 is 4.90 Å². The zero-order valence-electron chi connectivity index (χ0n) is 27.1. The topological polar surface area (TPSA) is 33.4 Å². The quantitative estimate of drug-likeness (QED) is 0.176. The van der Waals surface area contributed by atoms with Gasteiger partial charge in [-0.05, 0) is 82.2 Å². The van der Waals surface area contributed by atoms with Crippen LogP contribution < -0.4 is 4.90 Å². The molecule has 4 nitrogen and oxygen atoms in total. The number of hydrogen-bond donors (Lipinski definition) is 0. The number of aromatic nitrogens is 3. The van der Waals surface area contributed by atoms with Gasteiger partial charge in [0.25, 0.3) is 0 Å². The minimum absolute atomic E-state index is 0.918. The lowest BCUT2D eigenvalue weighted by molar-refractivity contribution is 1.27. The Hall–Kier alpha value is -6.78. The molecule has 3 aromatic heterocycles. The summed E-state index contributed by atoms with van der Waals surface area (Å²) < 4.78 is 2.32. The standard InChI is InChI=1S/C46H30N4/c1-3-10-31(11-4-1)33-17-22-36(23-18-33)49(37-24-19-34(20-25-37)32-12-5-2-6-13-32)38-26-28-39-40-27-21-35-14-9-29-47-45(35)44(40)46-48-41-15-7-8-16-42(41)50(46)43(39)30-38/h1-30H. The SMILES string of the molecule is c1ccc(-c2ccc(N(c3ccc(-c4ccccc4)cc3)c3ccc4c5ccc6cccnc6c5c5nc6ccccc6n5c4c3)cc2)cc1. The third-order valence-corrected chi connectivity index (χ3v) is 9.79. The van der Waals surface area contributed by atoms with E-state index in [0.29, 0.717) is 0 Å². The number of imidazole rings is 1. The van der Waals surface area contributed by atoms with Crippen LogP contribution in [0, 0.1) is 0 Å². The number of benzene rings is 7. The maximum atomic E-state index is 5.22. The molecule has 234 valence electrons. The normalized spacial score (nSPS) is 11.6. The van der Waals surface area contributed by atoms with Crippen LogP contribution in [0.1, 0.15) is 0 Å². The summed E-state index contributed by atoms with van der Waals surface area (Å²) in [7, 11) is 0. The third kappa shape index (κ3) is 4.54. The van der Waals surface area contributed by atoms with Crippen molar-refractivity contribution in [3.05, 3.63) is 182 Å². The van der Waals surface area contributed by atoms with Gasteiger partial charge in [-0.1, -0.05) is 121 Å². The van der Waals surface area contributed by atoms with Crippen LogP contribution in [0.4, 0.5) is 17.1 Å². The van der Waals surface area contributed by atoms with E-state index in [0.717, 1.165) is 66.3 Å². The molecular weight excluding hydrogens is 609 g/mol. The largest absolute Gasteiger partial charge is 0.310 e. The summed E-state index contributed by atoms with van der Waals surface area (Å²) in [6.45, 7) is 0. The Morgan fingerprint density at radius 3 is 1.70 bits per heavy atom. The summed E-state index contributed by atoms with van der Waals surface area (Å²) in [6, 6.07) is 62.5. The first-order chi connectivity index (χ1) is 24.8. The van der Waals surface area contributed by atoms with Gasteiger partial charge >= 0.3 is 0 Å². The van der Waals surface area contributed by atoms with Crippen LogP contribution in [-0.2, 0) is 0 Å². The van der Waals surface area contributed by atoms with Crippen LogP contribution in [0.3, 0.4) is 0 Å². The van der Waals surface area contributed by atoms with E-state index in [1.807, 2.05) is 12.3 Å². The summed E-state index contributed by atoms with van der Waals surface area (Å²) in [4.78, 5) is 12.4. The second-order valence-electron chi connectivity index (χ2n) is 12.7. The molecule has 0 amide bonds. The number of hydrogen-bond acceptors (Lipinski definition) is 3. The average Bonchev–Trinajstić information content (AvgIpc) is 3.59. The molecule has 7 aromatic carbocycles. The van der Waals surface area contributed by atoms with E-state index in [1.165, 1.54) is 22.3 Å². The lowest BCUT2D eigenvalue weighted by Crippen LogP contribution is -2.10. The van der Waals surface area contributed by atoms with Gasteiger partial charge in [-0.25, -0.2) is 4.98 Å². The zero-order chi connectivity index (χ0) is 33.0. The molecule has 0 unspecified atom stereocenters. The zero-order valence-corrected chi connectivity index (χ0v) is 27.1. The molecule has 4 heteroatoms. The van der Waals surface area contributed by atoms with Crippen molar-refractivity contribution in [1.29, 1.82) is 0 Å². The van der Waals surface area contributed by atoms with Crippen molar-refractivity contribution in [1.82, 2.24) is 14.4 Å². The lowest BCUT2D eigenvalue weighted by atomic mass is 10.0. The maximum absolute atomic E-state index is 5.22.